The first kappa shape index (κ1) is 19.7. The fourth-order valence-electron chi connectivity index (χ4n) is 2.06. The average Bonchev–Trinajstić information content (AvgIpc) is 2.47. The first-order valence-corrected chi connectivity index (χ1v) is 11.9. The van der Waals surface area contributed by atoms with E-state index in [0.717, 1.165) is 16.4 Å². The van der Waals surface area contributed by atoms with Gasteiger partial charge in [0.15, 0.2) is 0 Å². The number of rotatable bonds is 3. The quantitative estimate of drug-likeness (QED) is 0.479. The van der Waals surface area contributed by atoms with E-state index in [2.05, 4.69) is 30.1 Å². The van der Waals surface area contributed by atoms with E-state index in [4.69, 9.17) is 18.6 Å². The molecule has 2 aromatic rings. The van der Waals surface area contributed by atoms with E-state index in [-0.39, 0.29) is 0 Å². The van der Waals surface area contributed by atoms with Crippen LogP contribution in [0.4, 0.5) is 0 Å². The Morgan fingerprint density at radius 2 is 1.77 bits per heavy atom. The summed E-state index contributed by atoms with van der Waals surface area (Å²) in [6.45, 7) is 4.00. The molecule has 0 saturated carbocycles. The Morgan fingerprint density at radius 3 is 2.41 bits per heavy atom. The zero-order valence-electron chi connectivity index (χ0n) is 12.7. The van der Waals surface area contributed by atoms with E-state index in [1.165, 1.54) is 10.9 Å². The van der Waals surface area contributed by atoms with Crippen molar-refractivity contribution < 1.29 is 22.1 Å². The van der Waals surface area contributed by atoms with E-state index in [1.807, 2.05) is 31.3 Å². The van der Waals surface area contributed by atoms with Gasteiger partial charge in [-0.05, 0) is 41.9 Å². The molecule has 0 spiro atoms. The molecule has 0 heterocycles. The molecule has 0 amide bonds. The van der Waals surface area contributed by atoms with Crippen molar-refractivity contribution in [3.8, 4) is 5.75 Å². The second kappa shape index (κ2) is 10.4. The van der Waals surface area contributed by atoms with Gasteiger partial charge < -0.3 is 5.11 Å². The standard InChI is InChI=1S/C16H18NOP.2ClH.Ti/c1-11-8-12(2)16(18)15(9-11)19-14-7-5-4-6-13(14)10-17-3;;;/h4-10,18-19H,1-3H3;2*1H;/q;;;+2/p-2. The van der Waals surface area contributed by atoms with Crippen LogP contribution in [0.15, 0.2) is 41.4 Å². The number of halogens is 2. The maximum absolute atomic E-state index is 10.2. The number of benzene rings is 2. The number of phenolic OH excluding ortho intramolecular Hbond substituents is 1. The zero-order valence-corrected chi connectivity index (χ0v) is 16.8. The summed E-state index contributed by atoms with van der Waals surface area (Å²) in [4.78, 5) is 4.08. The molecule has 116 valence electrons. The fourth-order valence-corrected chi connectivity index (χ4v) is 3.44. The summed E-state index contributed by atoms with van der Waals surface area (Å²) in [5.74, 6) is 0.409. The molecule has 6 heteroatoms. The zero-order chi connectivity index (χ0) is 16.5. The van der Waals surface area contributed by atoms with E-state index in [9.17, 15) is 5.11 Å². The molecular weight excluding hydrogens is 372 g/mol. The van der Waals surface area contributed by atoms with Crippen LogP contribution in [0, 0.1) is 13.8 Å². The van der Waals surface area contributed by atoms with Crippen molar-refractivity contribution in [2.75, 3.05) is 7.05 Å². The Hall–Kier alpha value is -0.366. The van der Waals surface area contributed by atoms with Gasteiger partial charge in [-0.15, -0.1) is 0 Å². The summed E-state index contributed by atoms with van der Waals surface area (Å²) in [6, 6.07) is 12.2. The van der Waals surface area contributed by atoms with Crippen LogP contribution >= 0.6 is 27.2 Å². The molecule has 1 atom stereocenters. The van der Waals surface area contributed by atoms with Gasteiger partial charge in [-0.1, -0.05) is 38.9 Å². The Kier molecular flexibility index (Phi) is 9.32. The first-order valence-electron chi connectivity index (χ1n) is 6.58. The van der Waals surface area contributed by atoms with Crippen molar-refractivity contribution in [2.24, 2.45) is 4.99 Å². The molecule has 0 radical (unpaired) electrons. The second-order valence-electron chi connectivity index (χ2n) is 4.65. The number of hydrogen-bond donors (Lipinski definition) is 1. The SMILES string of the molecule is CN=Cc1ccccc1Pc1cc(C)cc(C)c1O.[Cl][Ti][Cl]. The van der Waals surface area contributed by atoms with Gasteiger partial charge in [-0.3, -0.25) is 4.99 Å². The van der Waals surface area contributed by atoms with Crippen LogP contribution in [0.2, 0.25) is 0 Å². The molecule has 0 aliphatic heterocycles. The van der Waals surface area contributed by atoms with Gasteiger partial charge in [-0.2, -0.15) is 0 Å². The van der Waals surface area contributed by atoms with Gasteiger partial charge in [0, 0.05) is 18.6 Å². The van der Waals surface area contributed by atoms with Crippen LogP contribution in [-0.4, -0.2) is 18.4 Å². The minimum atomic E-state index is -0.556. The number of phenols is 1. The topological polar surface area (TPSA) is 32.6 Å². The number of nitrogens with zero attached hydrogens (tertiary/aromatic N) is 1. The number of aryl methyl sites for hydroxylation is 2. The van der Waals surface area contributed by atoms with Crippen LogP contribution in [-0.2, 0) is 17.0 Å². The first-order chi connectivity index (χ1) is 10.5. The molecular formula is C16H18Cl2NOPTi. The average molecular weight is 390 g/mol. The fraction of sp³-hybridized carbons (Fsp3) is 0.188. The van der Waals surface area contributed by atoms with Crippen molar-refractivity contribution in [1.29, 1.82) is 0 Å². The van der Waals surface area contributed by atoms with E-state index in [0.29, 0.717) is 14.3 Å². The van der Waals surface area contributed by atoms with Crippen LogP contribution in [0.1, 0.15) is 16.7 Å². The third-order valence-electron chi connectivity index (χ3n) is 2.94. The minimum absolute atomic E-state index is 0.409. The molecule has 2 aromatic carbocycles. The molecule has 1 N–H and O–H groups in total. The molecule has 1 unspecified atom stereocenters. The third kappa shape index (κ3) is 6.03. The monoisotopic (exact) mass is 389 g/mol. The molecule has 22 heavy (non-hydrogen) atoms. The molecule has 2 rings (SSSR count). The van der Waals surface area contributed by atoms with Crippen molar-refractivity contribution in [3.63, 3.8) is 0 Å². The summed E-state index contributed by atoms with van der Waals surface area (Å²) in [5.41, 5.74) is 3.23. The Morgan fingerprint density at radius 1 is 1.14 bits per heavy atom. The summed E-state index contributed by atoms with van der Waals surface area (Å²) in [5, 5.41) is 12.4. The Balaban J connectivity index is 0.000000745. The van der Waals surface area contributed by atoms with Crippen molar-refractivity contribution in [1.82, 2.24) is 0 Å². The van der Waals surface area contributed by atoms with Crippen molar-refractivity contribution in [3.05, 3.63) is 53.1 Å². The van der Waals surface area contributed by atoms with Crippen LogP contribution in [0.5, 0.6) is 5.75 Å². The summed E-state index contributed by atoms with van der Waals surface area (Å²) >= 11 is -0.556. The molecule has 2 nitrogen and oxygen atoms in total. The number of aromatic hydroxyl groups is 1. The summed E-state index contributed by atoms with van der Waals surface area (Å²) in [6.07, 6.45) is 1.86. The second-order valence-corrected chi connectivity index (χ2v) is 8.56. The predicted molar refractivity (Wildman–Crippen MR) is 96.8 cm³/mol. The molecule has 0 aromatic heterocycles. The van der Waals surface area contributed by atoms with Gasteiger partial charge in [0.1, 0.15) is 5.75 Å². The van der Waals surface area contributed by atoms with Gasteiger partial charge >= 0.3 is 35.6 Å². The van der Waals surface area contributed by atoms with E-state index < -0.39 is 17.0 Å². The predicted octanol–water partition coefficient (Wildman–Crippen LogP) is 4.06. The Bertz CT molecular complexity index is 650. The van der Waals surface area contributed by atoms with E-state index >= 15 is 0 Å². The van der Waals surface area contributed by atoms with Gasteiger partial charge in [0.2, 0.25) is 0 Å². The normalized spacial score (nSPS) is 10.8. The van der Waals surface area contributed by atoms with Crippen LogP contribution in [0.25, 0.3) is 0 Å². The molecule has 0 saturated heterocycles. The molecule has 0 bridgehead atoms. The van der Waals surface area contributed by atoms with Gasteiger partial charge in [0.05, 0.1) is 0 Å². The van der Waals surface area contributed by atoms with E-state index in [1.54, 1.807) is 7.05 Å². The molecule has 0 aliphatic rings. The maximum atomic E-state index is 10.2. The Labute approximate surface area is 150 Å². The van der Waals surface area contributed by atoms with Crippen molar-refractivity contribution >= 4 is 44.0 Å². The van der Waals surface area contributed by atoms with Gasteiger partial charge in [0.25, 0.3) is 0 Å². The van der Waals surface area contributed by atoms with Crippen LogP contribution < -0.4 is 10.6 Å². The molecule has 0 aliphatic carbocycles. The summed E-state index contributed by atoms with van der Waals surface area (Å²) < 4.78 is 0. The van der Waals surface area contributed by atoms with Crippen molar-refractivity contribution in [2.45, 2.75) is 13.8 Å². The van der Waals surface area contributed by atoms with Crippen LogP contribution in [0.3, 0.4) is 0 Å². The third-order valence-corrected chi connectivity index (χ3v) is 4.32. The summed E-state index contributed by atoms with van der Waals surface area (Å²) in [7, 11) is 12.0. The number of hydrogen-bond acceptors (Lipinski definition) is 2. The number of aliphatic imine (C=N–C) groups is 1. The van der Waals surface area contributed by atoms with Gasteiger partial charge in [-0.25, -0.2) is 0 Å². The molecule has 0 fully saturated rings.